The van der Waals surface area contributed by atoms with E-state index in [1.807, 2.05) is 0 Å². The van der Waals surface area contributed by atoms with Crippen LogP contribution in [0, 0.1) is 6.92 Å². The number of benzene rings is 1. The van der Waals surface area contributed by atoms with E-state index in [-0.39, 0.29) is 0 Å². The molecule has 1 aromatic carbocycles. The molecule has 1 heterocycles. The third kappa shape index (κ3) is 4.96. The van der Waals surface area contributed by atoms with E-state index in [9.17, 15) is 0 Å². The second-order valence-electron chi connectivity index (χ2n) is 5.72. The molecule has 2 heteroatoms. The predicted molar refractivity (Wildman–Crippen MR) is 80.6 cm³/mol. The molecule has 0 radical (unpaired) electrons. The number of ether oxygens (including phenoxy) is 1. The van der Waals surface area contributed by atoms with E-state index in [1.165, 1.54) is 43.2 Å². The molecule has 1 aromatic rings. The average molecular weight is 261 g/mol. The van der Waals surface area contributed by atoms with Gasteiger partial charge in [0.2, 0.25) is 0 Å². The van der Waals surface area contributed by atoms with Crippen molar-refractivity contribution in [1.82, 2.24) is 5.32 Å². The molecule has 2 atom stereocenters. The fraction of sp³-hybridized carbons (Fsp3) is 0.647. The van der Waals surface area contributed by atoms with Crippen LogP contribution >= 0.6 is 0 Å². The van der Waals surface area contributed by atoms with Crippen LogP contribution in [0.15, 0.2) is 24.3 Å². The second kappa shape index (κ2) is 7.66. The largest absolute Gasteiger partial charge is 0.378 e. The van der Waals surface area contributed by atoms with Crippen molar-refractivity contribution in [2.24, 2.45) is 0 Å². The summed E-state index contributed by atoms with van der Waals surface area (Å²) in [6.45, 7) is 3.11. The van der Waals surface area contributed by atoms with Crippen molar-refractivity contribution in [2.75, 3.05) is 13.7 Å². The Balaban J connectivity index is 1.70. The zero-order chi connectivity index (χ0) is 13.5. The Kier molecular flexibility index (Phi) is 5.87. The van der Waals surface area contributed by atoms with Gasteiger partial charge in [-0.05, 0) is 58.1 Å². The Morgan fingerprint density at radius 3 is 2.68 bits per heavy atom. The Morgan fingerprint density at radius 2 is 2.05 bits per heavy atom. The maximum Gasteiger partial charge on any atom is 0.0576 e. The second-order valence-corrected chi connectivity index (χ2v) is 5.72. The van der Waals surface area contributed by atoms with Crippen LogP contribution in [-0.2, 0) is 11.2 Å². The summed E-state index contributed by atoms with van der Waals surface area (Å²) in [6.07, 6.45) is 7.85. The summed E-state index contributed by atoms with van der Waals surface area (Å²) in [5.41, 5.74) is 2.79. The van der Waals surface area contributed by atoms with Crippen LogP contribution in [0.1, 0.15) is 43.2 Å². The molecule has 106 valence electrons. The number of hydrogen-bond donors (Lipinski definition) is 1. The summed E-state index contributed by atoms with van der Waals surface area (Å²) in [4.78, 5) is 0. The molecule has 1 fully saturated rings. The molecular weight excluding hydrogens is 234 g/mol. The zero-order valence-electron chi connectivity index (χ0n) is 12.3. The molecule has 0 aromatic heterocycles. The molecule has 1 saturated heterocycles. The Bertz CT molecular complexity index is 354. The highest BCUT2D eigenvalue weighted by Gasteiger charge is 2.17. The van der Waals surface area contributed by atoms with Crippen molar-refractivity contribution in [3.05, 3.63) is 35.4 Å². The van der Waals surface area contributed by atoms with Gasteiger partial charge in [-0.15, -0.1) is 0 Å². The van der Waals surface area contributed by atoms with Crippen LogP contribution in [-0.4, -0.2) is 25.8 Å². The fourth-order valence-electron chi connectivity index (χ4n) is 2.79. The van der Waals surface area contributed by atoms with Crippen LogP contribution in [0.25, 0.3) is 0 Å². The monoisotopic (exact) mass is 261 g/mol. The van der Waals surface area contributed by atoms with Gasteiger partial charge in [-0.3, -0.25) is 0 Å². The van der Waals surface area contributed by atoms with Crippen LogP contribution in [0.2, 0.25) is 0 Å². The van der Waals surface area contributed by atoms with Gasteiger partial charge in [0.1, 0.15) is 0 Å². The lowest BCUT2D eigenvalue weighted by Gasteiger charge is -2.18. The van der Waals surface area contributed by atoms with Crippen LogP contribution < -0.4 is 5.32 Å². The summed E-state index contributed by atoms with van der Waals surface area (Å²) in [7, 11) is 2.08. The highest BCUT2D eigenvalue weighted by atomic mass is 16.5. The molecule has 1 N–H and O–H groups in total. The van der Waals surface area contributed by atoms with E-state index < -0.39 is 0 Å². The zero-order valence-corrected chi connectivity index (χ0v) is 12.3. The molecule has 0 saturated carbocycles. The van der Waals surface area contributed by atoms with E-state index in [4.69, 9.17) is 4.74 Å². The summed E-state index contributed by atoms with van der Waals surface area (Å²) in [5, 5.41) is 3.45. The van der Waals surface area contributed by atoms with Gasteiger partial charge in [-0.2, -0.15) is 0 Å². The maximum atomic E-state index is 5.70. The first kappa shape index (κ1) is 14.5. The quantitative estimate of drug-likeness (QED) is 0.811. The van der Waals surface area contributed by atoms with Gasteiger partial charge in [0.05, 0.1) is 6.10 Å². The molecule has 1 aliphatic rings. The van der Waals surface area contributed by atoms with E-state index in [2.05, 4.69) is 43.6 Å². The van der Waals surface area contributed by atoms with Gasteiger partial charge in [0, 0.05) is 12.6 Å². The molecule has 19 heavy (non-hydrogen) atoms. The fourth-order valence-corrected chi connectivity index (χ4v) is 2.79. The van der Waals surface area contributed by atoms with Gasteiger partial charge in [-0.25, -0.2) is 0 Å². The minimum atomic E-state index is 0.523. The van der Waals surface area contributed by atoms with E-state index in [0.717, 1.165) is 13.0 Å². The SMILES string of the molecule is CNC(CCc1ccc(C)cc1)CCC1CCCO1. The standard InChI is InChI=1S/C17H27NO/c1-14-5-7-15(8-6-14)9-10-16(18-2)11-12-17-4-3-13-19-17/h5-8,16-18H,3-4,9-13H2,1-2H3. The average Bonchev–Trinajstić information content (AvgIpc) is 2.94. The molecule has 0 spiro atoms. The highest BCUT2D eigenvalue weighted by Crippen LogP contribution is 2.19. The van der Waals surface area contributed by atoms with Crippen LogP contribution in [0.4, 0.5) is 0 Å². The van der Waals surface area contributed by atoms with Crippen molar-refractivity contribution in [2.45, 2.75) is 57.6 Å². The molecule has 0 amide bonds. The number of aryl methyl sites for hydroxylation is 2. The van der Waals surface area contributed by atoms with Gasteiger partial charge >= 0.3 is 0 Å². The number of rotatable bonds is 7. The van der Waals surface area contributed by atoms with Gasteiger partial charge in [0.15, 0.2) is 0 Å². The first-order valence-corrected chi connectivity index (χ1v) is 7.62. The molecule has 0 bridgehead atoms. The first-order chi connectivity index (χ1) is 9.28. The minimum absolute atomic E-state index is 0.523. The summed E-state index contributed by atoms with van der Waals surface area (Å²) < 4.78 is 5.70. The molecule has 2 unspecified atom stereocenters. The normalized spacial score (nSPS) is 20.6. The van der Waals surface area contributed by atoms with Crippen molar-refractivity contribution in [3.63, 3.8) is 0 Å². The maximum absolute atomic E-state index is 5.70. The summed E-state index contributed by atoms with van der Waals surface area (Å²) in [6, 6.07) is 9.53. The Labute approximate surface area is 117 Å². The first-order valence-electron chi connectivity index (χ1n) is 7.62. The van der Waals surface area contributed by atoms with Crippen molar-refractivity contribution < 1.29 is 4.74 Å². The molecule has 2 nitrogen and oxygen atoms in total. The molecule has 0 aliphatic carbocycles. The lowest BCUT2D eigenvalue weighted by molar-refractivity contribution is 0.0995. The van der Waals surface area contributed by atoms with E-state index >= 15 is 0 Å². The smallest absolute Gasteiger partial charge is 0.0576 e. The lowest BCUT2D eigenvalue weighted by atomic mass is 9.99. The van der Waals surface area contributed by atoms with Crippen molar-refractivity contribution in [1.29, 1.82) is 0 Å². The topological polar surface area (TPSA) is 21.3 Å². The van der Waals surface area contributed by atoms with Gasteiger partial charge < -0.3 is 10.1 Å². The van der Waals surface area contributed by atoms with E-state index in [1.54, 1.807) is 0 Å². The Hall–Kier alpha value is -0.860. The summed E-state index contributed by atoms with van der Waals surface area (Å²) >= 11 is 0. The van der Waals surface area contributed by atoms with Crippen molar-refractivity contribution in [3.8, 4) is 0 Å². The predicted octanol–water partition coefficient (Wildman–Crippen LogP) is 3.47. The number of nitrogens with one attached hydrogen (secondary N) is 1. The van der Waals surface area contributed by atoms with Gasteiger partial charge in [0.25, 0.3) is 0 Å². The third-order valence-electron chi connectivity index (χ3n) is 4.17. The Morgan fingerprint density at radius 1 is 1.26 bits per heavy atom. The number of hydrogen-bond acceptors (Lipinski definition) is 2. The molecule has 2 rings (SSSR count). The molecular formula is C17H27NO. The lowest BCUT2D eigenvalue weighted by Crippen LogP contribution is -2.27. The van der Waals surface area contributed by atoms with Crippen LogP contribution in [0.5, 0.6) is 0 Å². The van der Waals surface area contributed by atoms with Crippen molar-refractivity contribution >= 4 is 0 Å². The van der Waals surface area contributed by atoms with Gasteiger partial charge in [-0.1, -0.05) is 29.8 Å². The molecule has 1 aliphatic heterocycles. The minimum Gasteiger partial charge on any atom is -0.378 e. The van der Waals surface area contributed by atoms with Crippen LogP contribution in [0.3, 0.4) is 0 Å². The highest BCUT2D eigenvalue weighted by molar-refractivity contribution is 5.21. The third-order valence-corrected chi connectivity index (χ3v) is 4.17. The summed E-state index contributed by atoms with van der Waals surface area (Å²) in [5.74, 6) is 0. The van der Waals surface area contributed by atoms with E-state index in [0.29, 0.717) is 12.1 Å².